The number of hydrogen-bond donors (Lipinski definition) is 2. The van der Waals surface area contributed by atoms with Crippen LogP contribution in [-0.2, 0) is 9.53 Å². The maximum absolute atomic E-state index is 11.9. The topological polar surface area (TPSA) is 64.3 Å². The van der Waals surface area contributed by atoms with E-state index in [4.69, 9.17) is 10.5 Å². The third kappa shape index (κ3) is 5.11. The average Bonchev–Trinajstić information content (AvgIpc) is 2.52. The smallest absolute Gasteiger partial charge is 0.220 e. The molecule has 4 heteroatoms. The Bertz CT molecular complexity index is 470. The van der Waals surface area contributed by atoms with Gasteiger partial charge in [-0.25, -0.2) is 0 Å². The summed E-state index contributed by atoms with van der Waals surface area (Å²) in [5.41, 5.74) is 8.15. The highest BCUT2D eigenvalue weighted by atomic mass is 16.5. The lowest BCUT2D eigenvalue weighted by Gasteiger charge is -2.32. The predicted molar refractivity (Wildman–Crippen MR) is 88.5 cm³/mol. The van der Waals surface area contributed by atoms with Crippen LogP contribution in [0.2, 0.25) is 0 Å². The summed E-state index contributed by atoms with van der Waals surface area (Å²) in [5.74, 6) is 0.432. The van der Waals surface area contributed by atoms with Crippen molar-refractivity contribution in [1.29, 1.82) is 0 Å². The summed E-state index contributed by atoms with van der Waals surface area (Å²) in [7, 11) is 0. The van der Waals surface area contributed by atoms with Crippen LogP contribution in [0.1, 0.15) is 49.8 Å². The van der Waals surface area contributed by atoms with E-state index in [0.29, 0.717) is 18.9 Å². The van der Waals surface area contributed by atoms with E-state index >= 15 is 0 Å². The fraction of sp³-hybridized carbons (Fsp3) is 0.611. The van der Waals surface area contributed by atoms with Gasteiger partial charge in [0.1, 0.15) is 0 Å². The molecule has 1 saturated heterocycles. The van der Waals surface area contributed by atoms with Crippen LogP contribution in [0.5, 0.6) is 0 Å². The molecule has 0 spiro atoms. The summed E-state index contributed by atoms with van der Waals surface area (Å²) in [4.78, 5) is 11.9. The molecule has 22 heavy (non-hydrogen) atoms. The molecule has 0 saturated carbocycles. The summed E-state index contributed by atoms with van der Waals surface area (Å²) in [6, 6.07) is 8.58. The van der Waals surface area contributed by atoms with E-state index in [-0.39, 0.29) is 18.1 Å². The molecule has 0 radical (unpaired) electrons. The van der Waals surface area contributed by atoms with Crippen LogP contribution in [0.15, 0.2) is 24.3 Å². The number of nitrogens with one attached hydrogen (secondary N) is 1. The first-order valence-corrected chi connectivity index (χ1v) is 8.26. The minimum Gasteiger partial charge on any atom is -0.373 e. The fourth-order valence-corrected chi connectivity index (χ4v) is 2.87. The second kappa shape index (κ2) is 8.30. The monoisotopic (exact) mass is 304 g/mol. The van der Waals surface area contributed by atoms with Gasteiger partial charge in [-0.2, -0.15) is 0 Å². The van der Waals surface area contributed by atoms with E-state index in [1.807, 2.05) is 6.92 Å². The maximum Gasteiger partial charge on any atom is 0.220 e. The molecule has 0 aliphatic carbocycles. The Balaban J connectivity index is 1.89. The molecular weight excluding hydrogens is 276 g/mol. The molecule has 1 aromatic rings. The van der Waals surface area contributed by atoms with Gasteiger partial charge in [0.05, 0.1) is 6.10 Å². The van der Waals surface area contributed by atoms with Crippen molar-refractivity contribution in [3.05, 3.63) is 35.4 Å². The molecule has 1 aliphatic heterocycles. The highest BCUT2D eigenvalue weighted by molar-refractivity contribution is 5.75. The standard InChI is InChI=1S/C18H28N2O2/c1-13-5-8-15(9-6-13)18-16(4-3-11-22-18)12-20-17(21)10-7-14(2)19/h5-6,8-9,14,16,18H,3-4,7,10-12,19H2,1-2H3,(H,20,21). The van der Waals surface area contributed by atoms with E-state index in [1.54, 1.807) is 0 Å². The van der Waals surface area contributed by atoms with Crippen molar-refractivity contribution in [1.82, 2.24) is 5.32 Å². The Hall–Kier alpha value is -1.39. The SMILES string of the molecule is Cc1ccc(C2OCCCC2CNC(=O)CCC(C)N)cc1. The van der Waals surface area contributed by atoms with Gasteiger partial charge in [-0.15, -0.1) is 0 Å². The number of carbonyl (C=O) groups is 1. The second-order valence-corrected chi connectivity index (χ2v) is 6.42. The van der Waals surface area contributed by atoms with E-state index in [9.17, 15) is 4.79 Å². The van der Waals surface area contributed by atoms with Gasteiger partial charge < -0.3 is 15.8 Å². The Kier molecular flexibility index (Phi) is 6.40. The molecular formula is C18H28N2O2. The van der Waals surface area contributed by atoms with Crippen molar-refractivity contribution in [2.24, 2.45) is 11.7 Å². The molecule has 3 atom stereocenters. The molecule has 0 aromatic heterocycles. The van der Waals surface area contributed by atoms with Crippen LogP contribution >= 0.6 is 0 Å². The van der Waals surface area contributed by atoms with Crippen molar-refractivity contribution >= 4 is 5.91 Å². The van der Waals surface area contributed by atoms with Crippen molar-refractivity contribution in [2.75, 3.05) is 13.2 Å². The summed E-state index contributed by atoms with van der Waals surface area (Å²) in [6.45, 7) is 5.49. The Morgan fingerprint density at radius 3 is 2.82 bits per heavy atom. The lowest BCUT2D eigenvalue weighted by Crippen LogP contribution is -2.35. The normalized spacial score (nSPS) is 23.0. The van der Waals surface area contributed by atoms with Crippen LogP contribution in [0.25, 0.3) is 0 Å². The lowest BCUT2D eigenvalue weighted by molar-refractivity contribution is -0.122. The zero-order valence-electron chi connectivity index (χ0n) is 13.7. The van der Waals surface area contributed by atoms with E-state index in [0.717, 1.165) is 25.9 Å². The Morgan fingerprint density at radius 1 is 1.41 bits per heavy atom. The third-order valence-corrected chi connectivity index (χ3v) is 4.24. The summed E-state index contributed by atoms with van der Waals surface area (Å²) in [6.07, 6.45) is 3.46. The second-order valence-electron chi connectivity index (χ2n) is 6.42. The number of carbonyl (C=O) groups excluding carboxylic acids is 1. The number of rotatable bonds is 6. The van der Waals surface area contributed by atoms with E-state index in [2.05, 4.69) is 36.5 Å². The van der Waals surface area contributed by atoms with Gasteiger partial charge in [-0.3, -0.25) is 4.79 Å². The quantitative estimate of drug-likeness (QED) is 0.849. The summed E-state index contributed by atoms with van der Waals surface area (Å²) >= 11 is 0. The zero-order chi connectivity index (χ0) is 15.9. The predicted octanol–water partition coefficient (Wildman–Crippen LogP) is 2.71. The molecule has 1 heterocycles. The minimum absolute atomic E-state index is 0.0732. The van der Waals surface area contributed by atoms with Gasteiger partial charge in [0.25, 0.3) is 0 Å². The first-order chi connectivity index (χ1) is 10.6. The van der Waals surface area contributed by atoms with Gasteiger partial charge in [0, 0.05) is 31.5 Å². The van der Waals surface area contributed by atoms with Crippen LogP contribution in [0.4, 0.5) is 0 Å². The fourth-order valence-electron chi connectivity index (χ4n) is 2.87. The van der Waals surface area contributed by atoms with E-state index in [1.165, 1.54) is 11.1 Å². The van der Waals surface area contributed by atoms with Crippen molar-refractivity contribution in [3.63, 3.8) is 0 Å². The first kappa shape index (κ1) is 17.0. The zero-order valence-corrected chi connectivity index (χ0v) is 13.7. The number of aryl methyl sites for hydroxylation is 1. The van der Waals surface area contributed by atoms with Crippen molar-refractivity contribution < 1.29 is 9.53 Å². The summed E-state index contributed by atoms with van der Waals surface area (Å²) < 4.78 is 5.98. The number of amides is 1. The van der Waals surface area contributed by atoms with Gasteiger partial charge in [-0.05, 0) is 38.7 Å². The number of benzene rings is 1. The molecule has 3 N–H and O–H groups in total. The van der Waals surface area contributed by atoms with Crippen LogP contribution in [0, 0.1) is 12.8 Å². The van der Waals surface area contributed by atoms with Gasteiger partial charge in [0.15, 0.2) is 0 Å². The molecule has 1 aromatic carbocycles. The van der Waals surface area contributed by atoms with Crippen molar-refractivity contribution in [2.45, 2.75) is 51.7 Å². The molecule has 1 amide bonds. The molecule has 1 aliphatic rings. The highest BCUT2D eigenvalue weighted by Gasteiger charge is 2.27. The maximum atomic E-state index is 11.9. The lowest BCUT2D eigenvalue weighted by atomic mass is 9.89. The molecule has 0 bridgehead atoms. The Labute approximate surface area is 133 Å². The number of nitrogens with two attached hydrogens (primary N) is 1. The van der Waals surface area contributed by atoms with Crippen LogP contribution < -0.4 is 11.1 Å². The average molecular weight is 304 g/mol. The number of hydrogen-bond acceptors (Lipinski definition) is 3. The number of ether oxygens (including phenoxy) is 1. The van der Waals surface area contributed by atoms with Crippen molar-refractivity contribution in [3.8, 4) is 0 Å². The molecule has 3 unspecified atom stereocenters. The molecule has 1 fully saturated rings. The molecule has 122 valence electrons. The molecule has 4 nitrogen and oxygen atoms in total. The van der Waals surface area contributed by atoms with Crippen LogP contribution in [-0.4, -0.2) is 25.1 Å². The largest absolute Gasteiger partial charge is 0.373 e. The Morgan fingerprint density at radius 2 is 2.14 bits per heavy atom. The minimum atomic E-state index is 0.0732. The van der Waals surface area contributed by atoms with Gasteiger partial charge in [0.2, 0.25) is 5.91 Å². The molecule has 2 rings (SSSR count). The first-order valence-electron chi connectivity index (χ1n) is 8.26. The summed E-state index contributed by atoms with van der Waals surface area (Å²) in [5, 5.41) is 3.04. The highest BCUT2D eigenvalue weighted by Crippen LogP contribution is 2.33. The van der Waals surface area contributed by atoms with Gasteiger partial charge in [-0.1, -0.05) is 29.8 Å². The third-order valence-electron chi connectivity index (χ3n) is 4.24. The van der Waals surface area contributed by atoms with Crippen LogP contribution in [0.3, 0.4) is 0 Å². The van der Waals surface area contributed by atoms with Gasteiger partial charge >= 0.3 is 0 Å². The van der Waals surface area contributed by atoms with E-state index < -0.39 is 0 Å².